The molecule has 0 spiro atoms. The first-order chi connectivity index (χ1) is 5.92. The Bertz CT molecular complexity index is 213. The SMILES string of the molecule is NC(=S)CCNCCSP(=O)([O-])O.[Li+]. The summed E-state index contributed by atoms with van der Waals surface area (Å²) in [7, 11) is 0. The van der Waals surface area contributed by atoms with E-state index in [2.05, 4.69) is 17.5 Å². The fraction of sp³-hybridized carbons (Fsp3) is 0.800. The molecule has 0 aromatic heterocycles. The minimum Gasteiger partial charge on any atom is -0.770 e. The minimum absolute atomic E-state index is 0. The first kappa shape index (κ1) is 17.3. The topological polar surface area (TPSA) is 98.4 Å². The van der Waals surface area contributed by atoms with Gasteiger partial charge in [0.05, 0.1) is 4.99 Å². The summed E-state index contributed by atoms with van der Waals surface area (Å²) in [6.45, 7) is -3.03. The van der Waals surface area contributed by atoms with Crippen molar-refractivity contribution in [3.8, 4) is 0 Å². The van der Waals surface area contributed by atoms with E-state index in [0.717, 1.165) is 0 Å². The van der Waals surface area contributed by atoms with Crippen molar-refractivity contribution in [2.45, 2.75) is 6.42 Å². The quantitative estimate of drug-likeness (QED) is 0.186. The maximum Gasteiger partial charge on any atom is 1.00 e. The number of hydrogen-bond acceptors (Lipinski definition) is 5. The summed E-state index contributed by atoms with van der Waals surface area (Å²) < 4.78 is 10.2. The Balaban J connectivity index is 0. The molecule has 0 aromatic rings. The van der Waals surface area contributed by atoms with Crippen LogP contribution in [0.2, 0.25) is 0 Å². The van der Waals surface area contributed by atoms with Gasteiger partial charge >= 0.3 is 18.9 Å². The van der Waals surface area contributed by atoms with Crippen LogP contribution >= 0.6 is 30.4 Å². The standard InChI is InChI=1S/C5H13N2O3PS2.Li/c6-5(12)1-2-7-3-4-13-11(8,9)10;/h7H,1-4H2,(H2,6,12)(H2,8,9,10);/q;+1/p-1. The van der Waals surface area contributed by atoms with Gasteiger partial charge in [-0.15, -0.1) is 0 Å². The molecule has 1 unspecified atom stereocenters. The van der Waals surface area contributed by atoms with E-state index in [4.69, 9.17) is 10.6 Å². The molecule has 0 aliphatic rings. The first-order valence-corrected chi connectivity index (χ1v) is 7.17. The van der Waals surface area contributed by atoms with Crippen molar-refractivity contribution in [1.82, 2.24) is 5.32 Å². The molecule has 0 saturated heterocycles. The summed E-state index contributed by atoms with van der Waals surface area (Å²) in [5.74, 6) is 0.314. The van der Waals surface area contributed by atoms with Gasteiger partial charge in [0.2, 0.25) is 0 Å². The van der Waals surface area contributed by atoms with Gasteiger partial charge in [0.15, 0.2) is 6.80 Å². The summed E-state index contributed by atoms with van der Waals surface area (Å²) in [6, 6.07) is 0. The van der Waals surface area contributed by atoms with Gasteiger partial charge in [-0.25, -0.2) is 0 Å². The maximum absolute atomic E-state index is 10.2. The monoisotopic (exact) mass is 250 g/mol. The van der Waals surface area contributed by atoms with E-state index in [0.29, 0.717) is 41.6 Å². The smallest absolute Gasteiger partial charge is 0.770 e. The summed E-state index contributed by atoms with van der Waals surface area (Å²) in [5, 5.41) is 2.93. The number of hydrogen-bond donors (Lipinski definition) is 3. The molecule has 0 rings (SSSR count). The van der Waals surface area contributed by atoms with Crippen LogP contribution in [0.25, 0.3) is 0 Å². The summed E-state index contributed by atoms with van der Waals surface area (Å²) >= 11 is 5.15. The zero-order valence-corrected chi connectivity index (χ0v) is 10.5. The van der Waals surface area contributed by atoms with Crippen LogP contribution in [0.15, 0.2) is 0 Å². The van der Waals surface area contributed by atoms with E-state index in [1.165, 1.54) is 0 Å². The van der Waals surface area contributed by atoms with Gasteiger partial charge in [-0.05, 0) is 0 Å². The third-order valence-electron chi connectivity index (χ3n) is 1.08. The predicted molar refractivity (Wildman–Crippen MR) is 56.6 cm³/mol. The van der Waals surface area contributed by atoms with Crippen LogP contribution in [0.1, 0.15) is 6.42 Å². The van der Waals surface area contributed by atoms with E-state index in [1.54, 1.807) is 0 Å². The van der Waals surface area contributed by atoms with Crippen LogP contribution in [0.3, 0.4) is 0 Å². The molecule has 0 aliphatic heterocycles. The van der Waals surface area contributed by atoms with Crippen LogP contribution in [0.4, 0.5) is 0 Å². The zero-order valence-electron chi connectivity index (χ0n) is 7.93. The van der Waals surface area contributed by atoms with Gasteiger partial charge in [-0.1, -0.05) is 23.6 Å². The third-order valence-corrected chi connectivity index (χ3v) is 3.53. The molecule has 0 aromatic carbocycles. The first-order valence-electron chi connectivity index (χ1n) is 3.59. The van der Waals surface area contributed by atoms with Crippen LogP contribution in [-0.2, 0) is 4.57 Å². The molecule has 0 bridgehead atoms. The Kier molecular flexibility index (Phi) is 11.4. The minimum atomic E-state index is -4.16. The van der Waals surface area contributed by atoms with Gasteiger partial charge in [0, 0.05) is 25.3 Å². The van der Waals surface area contributed by atoms with Crippen LogP contribution in [-0.4, -0.2) is 28.7 Å². The van der Waals surface area contributed by atoms with Crippen molar-refractivity contribution in [3.63, 3.8) is 0 Å². The van der Waals surface area contributed by atoms with Crippen molar-refractivity contribution in [2.75, 3.05) is 18.8 Å². The van der Waals surface area contributed by atoms with Crippen LogP contribution in [0.5, 0.6) is 0 Å². The second kappa shape index (κ2) is 9.19. The Hall–Kier alpha value is 0.947. The van der Waals surface area contributed by atoms with Gasteiger partial charge in [0.25, 0.3) is 0 Å². The summed E-state index contributed by atoms with van der Waals surface area (Å²) in [5.41, 5.74) is 5.23. The second-order valence-electron chi connectivity index (χ2n) is 2.27. The van der Waals surface area contributed by atoms with E-state index >= 15 is 0 Å². The third kappa shape index (κ3) is 15.4. The molecule has 14 heavy (non-hydrogen) atoms. The van der Waals surface area contributed by atoms with Crippen molar-refractivity contribution >= 4 is 35.4 Å². The average molecular weight is 250 g/mol. The molecule has 0 saturated carbocycles. The van der Waals surface area contributed by atoms with Crippen molar-refractivity contribution in [3.05, 3.63) is 0 Å². The fourth-order valence-electron chi connectivity index (χ4n) is 0.570. The molecular formula is C5H12LiN2O3PS2. The van der Waals surface area contributed by atoms with E-state index < -0.39 is 6.80 Å². The van der Waals surface area contributed by atoms with Crippen molar-refractivity contribution in [2.24, 2.45) is 5.73 Å². The molecule has 0 aliphatic carbocycles. The number of nitrogens with two attached hydrogens (primary N) is 1. The van der Waals surface area contributed by atoms with Gasteiger partial charge < -0.3 is 20.8 Å². The molecule has 0 radical (unpaired) electrons. The molecular weight excluding hydrogens is 238 g/mol. The molecule has 9 heteroatoms. The van der Waals surface area contributed by atoms with Crippen molar-refractivity contribution < 1.29 is 33.2 Å². The van der Waals surface area contributed by atoms with Gasteiger partial charge in [-0.3, -0.25) is 4.57 Å². The molecule has 5 nitrogen and oxygen atoms in total. The molecule has 78 valence electrons. The normalized spacial score (nSPS) is 14.1. The van der Waals surface area contributed by atoms with E-state index in [-0.39, 0.29) is 18.9 Å². The van der Waals surface area contributed by atoms with E-state index in [9.17, 15) is 9.46 Å². The Morgan fingerprint density at radius 3 is 2.64 bits per heavy atom. The maximum atomic E-state index is 10.2. The molecule has 0 amide bonds. The van der Waals surface area contributed by atoms with Gasteiger partial charge in [-0.2, -0.15) is 0 Å². The molecule has 0 heterocycles. The molecule has 0 fully saturated rings. The summed E-state index contributed by atoms with van der Waals surface area (Å²) in [4.78, 5) is 19.0. The molecule has 4 N–H and O–H groups in total. The Morgan fingerprint density at radius 2 is 2.21 bits per heavy atom. The Morgan fingerprint density at radius 1 is 1.64 bits per heavy atom. The number of rotatable bonds is 7. The average Bonchev–Trinajstić information content (AvgIpc) is 1.93. The van der Waals surface area contributed by atoms with Crippen LogP contribution in [0, 0.1) is 0 Å². The zero-order chi connectivity index (χ0) is 10.3. The molecule has 1 atom stereocenters. The van der Waals surface area contributed by atoms with Gasteiger partial charge in [0.1, 0.15) is 0 Å². The summed E-state index contributed by atoms with van der Waals surface area (Å²) in [6.07, 6.45) is 0.591. The number of thiocarbonyl (C=S) groups is 1. The van der Waals surface area contributed by atoms with Crippen LogP contribution < -0.4 is 34.8 Å². The number of nitrogens with one attached hydrogen (secondary N) is 1. The van der Waals surface area contributed by atoms with Crippen molar-refractivity contribution in [1.29, 1.82) is 0 Å². The fourth-order valence-corrected chi connectivity index (χ4v) is 2.10. The largest absolute Gasteiger partial charge is 1.00 e. The Labute approximate surface area is 105 Å². The predicted octanol–water partition coefficient (Wildman–Crippen LogP) is -3.55. The van der Waals surface area contributed by atoms with E-state index in [1.807, 2.05) is 0 Å². The second-order valence-corrected chi connectivity index (χ2v) is 6.55.